The summed E-state index contributed by atoms with van der Waals surface area (Å²) in [6.07, 6.45) is 3.65. The third-order valence-corrected chi connectivity index (χ3v) is 3.09. The molecule has 19 heavy (non-hydrogen) atoms. The minimum absolute atomic E-state index is 0.759. The number of nitrogens with zero attached hydrogens (tertiary/aromatic N) is 3. The third kappa shape index (κ3) is 2.12. The molecule has 3 aromatic rings. The van der Waals surface area contributed by atoms with E-state index in [1.807, 2.05) is 31.3 Å². The summed E-state index contributed by atoms with van der Waals surface area (Å²) < 4.78 is 0. The summed E-state index contributed by atoms with van der Waals surface area (Å²) >= 11 is 0. The highest BCUT2D eigenvalue weighted by atomic mass is 15.1. The van der Waals surface area contributed by atoms with E-state index in [4.69, 9.17) is 0 Å². The first-order chi connectivity index (χ1) is 9.25. The van der Waals surface area contributed by atoms with Crippen LogP contribution in [0.15, 0.2) is 42.7 Å². The van der Waals surface area contributed by atoms with Gasteiger partial charge in [0.25, 0.3) is 0 Å². The van der Waals surface area contributed by atoms with E-state index in [1.165, 1.54) is 5.56 Å². The maximum atomic E-state index is 4.46. The Kier molecular flexibility index (Phi) is 2.83. The Morgan fingerprint density at radius 2 is 1.84 bits per heavy atom. The number of aromatic nitrogens is 4. The van der Waals surface area contributed by atoms with Crippen molar-refractivity contribution in [2.24, 2.45) is 0 Å². The Morgan fingerprint density at radius 1 is 1.00 bits per heavy atom. The van der Waals surface area contributed by atoms with Gasteiger partial charge < -0.3 is 0 Å². The zero-order valence-corrected chi connectivity index (χ0v) is 10.9. The van der Waals surface area contributed by atoms with Gasteiger partial charge in [-0.05, 0) is 25.5 Å². The van der Waals surface area contributed by atoms with Crippen molar-refractivity contribution < 1.29 is 0 Å². The molecule has 0 atom stereocenters. The van der Waals surface area contributed by atoms with Gasteiger partial charge >= 0.3 is 0 Å². The molecular weight excluding hydrogens is 236 g/mol. The van der Waals surface area contributed by atoms with Crippen LogP contribution >= 0.6 is 0 Å². The van der Waals surface area contributed by atoms with Gasteiger partial charge in [-0.15, -0.1) is 0 Å². The monoisotopic (exact) mass is 250 g/mol. The van der Waals surface area contributed by atoms with E-state index < -0.39 is 0 Å². The van der Waals surface area contributed by atoms with Gasteiger partial charge in [0.05, 0.1) is 5.69 Å². The molecule has 2 aromatic heterocycles. The molecule has 4 nitrogen and oxygen atoms in total. The van der Waals surface area contributed by atoms with E-state index >= 15 is 0 Å². The maximum Gasteiger partial charge on any atom is 0.125 e. The van der Waals surface area contributed by atoms with Crippen LogP contribution in [0.2, 0.25) is 0 Å². The molecule has 0 amide bonds. The Bertz CT molecular complexity index is 715. The Hall–Kier alpha value is -2.49. The quantitative estimate of drug-likeness (QED) is 0.760. The summed E-state index contributed by atoms with van der Waals surface area (Å²) in [5.41, 5.74) is 5.13. The van der Waals surface area contributed by atoms with Crippen LogP contribution in [0.4, 0.5) is 0 Å². The second kappa shape index (κ2) is 4.65. The van der Waals surface area contributed by atoms with Crippen molar-refractivity contribution in [3.63, 3.8) is 0 Å². The first kappa shape index (κ1) is 11.6. The minimum Gasteiger partial charge on any atom is -0.284 e. The molecular formula is C15H14N4. The highest BCUT2D eigenvalue weighted by Crippen LogP contribution is 2.30. The zero-order valence-electron chi connectivity index (χ0n) is 10.9. The highest BCUT2D eigenvalue weighted by Gasteiger charge is 2.13. The summed E-state index contributed by atoms with van der Waals surface area (Å²) in [7, 11) is 0. The molecule has 0 aliphatic rings. The average Bonchev–Trinajstić information content (AvgIpc) is 2.88. The van der Waals surface area contributed by atoms with E-state index in [2.05, 4.69) is 39.2 Å². The smallest absolute Gasteiger partial charge is 0.125 e. The summed E-state index contributed by atoms with van der Waals surface area (Å²) in [6.45, 7) is 3.97. The van der Waals surface area contributed by atoms with Gasteiger partial charge in [-0.3, -0.25) is 5.10 Å². The fourth-order valence-electron chi connectivity index (χ4n) is 2.14. The number of aromatic amines is 1. The van der Waals surface area contributed by atoms with Crippen molar-refractivity contribution in [2.75, 3.05) is 0 Å². The molecule has 0 aliphatic carbocycles. The van der Waals surface area contributed by atoms with Gasteiger partial charge in [-0.1, -0.05) is 24.3 Å². The maximum absolute atomic E-state index is 4.46. The number of hydrogen-bond donors (Lipinski definition) is 1. The Morgan fingerprint density at radius 3 is 2.63 bits per heavy atom. The fraction of sp³-hybridized carbons (Fsp3) is 0.133. The number of benzene rings is 1. The molecule has 0 saturated heterocycles. The molecule has 0 bridgehead atoms. The lowest BCUT2D eigenvalue weighted by Crippen LogP contribution is -1.91. The second-order valence-electron chi connectivity index (χ2n) is 4.45. The van der Waals surface area contributed by atoms with E-state index in [9.17, 15) is 0 Å². The normalized spacial score (nSPS) is 10.6. The van der Waals surface area contributed by atoms with E-state index in [0.717, 1.165) is 28.3 Å². The van der Waals surface area contributed by atoms with Gasteiger partial charge in [0.15, 0.2) is 0 Å². The Balaban J connectivity index is 2.16. The molecule has 0 fully saturated rings. The summed E-state index contributed by atoms with van der Waals surface area (Å²) in [6, 6.07) is 10.1. The van der Waals surface area contributed by atoms with Crippen molar-refractivity contribution in [3.8, 4) is 22.5 Å². The number of hydrogen-bond acceptors (Lipinski definition) is 3. The van der Waals surface area contributed by atoms with E-state index in [-0.39, 0.29) is 0 Å². The van der Waals surface area contributed by atoms with Crippen LogP contribution in [0, 0.1) is 13.8 Å². The van der Waals surface area contributed by atoms with Crippen molar-refractivity contribution in [1.29, 1.82) is 0 Å². The Labute approximate surface area is 111 Å². The van der Waals surface area contributed by atoms with Gasteiger partial charge in [-0.2, -0.15) is 5.10 Å². The van der Waals surface area contributed by atoms with Crippen molar-refractivity contribution in [1.82, 2.24) is 20.2 Å². The molecule has 3 rings (SSSR count). The summed E-state index contributed by atoms with van der Waals surface area (Å²) in [4.78, 5) is 8.59. The van der Waals surface area contributed by atoms with Crippen molar-refractivity contribution in [2.45, 2.75) is 13.8 Å². The van der Waals surface area contributed by atoms with Crippen molar-refractivity contribution >= 4 is 0 Å². The van der Waals surface area contributed by atoms with Gasteiger partial charge in [0.2, 0.25) is 0 Å². The lowest BCUT2D eigenvalue weighted by atomic mass is 10.0. The molecule has 1 aromatic carbocycles. The van der Waals surface area contributed by atoms with Crippen LogP contribution in [-0.4, -0.2) is 20.2 Å². The predicted octanol–water partition coefficient (Wildman–Crippen LogP) is 3.15. The van der Waals surface area contributed by atoms with Gasteiger partial charge in [0.1, 0.15) is 11.5 Å². The van der Waals surface area contributed by atoms with Crippen LogP contribution in [0.25, 0.3) is 22.5 Å². The van der Waals surface area contributed by atoms with Gasteiger partial charge in [-0.25, -0.2) is 9.97 Å². The highest BCUT2D eigenvalue weighted by molar-refractivity contribution is 5.79. The van der Waals surface area contributed by atoms with Crippen molar-refractivity contribution in [3.05, 3.63) is 54.1 Å². The van der Waals surface area contributed by atoms with Crippen LogP contribution in [0.3, 0.4) is 0 Å². The third-order valence-electron chi connectivity index (χ3n) is 3.09. The lowest BCUT2D eigenvalue weighted by Gasteiger charge is -2.05. The topological polar surface area (TPSA) is 54.5 Å². The molecule has 2 heterocycles. The fourth-order valence-corrected chi connectivity index (χ4v) is 2.14. The molecule has 0 saturated carbocycles. The van der Waals surface area contributed by atoms with Crippen LogP contribution in [0.5, 0.6) is 0 Å². The van der Waals surface area contributed by atoms with Crippen LogP contribution in [-0.2, 0) is 0 Å². The van der Waals surface area contributed by atoms with Crippen LogP contribution in [0.1, 0.15) is 11.4 Å². The molecule has 0 unspecified atom stereocenters. The molecule has 4 heteroatoms. The van der Waals surface area contributed by atoms with E-state index in [0.29, 0.717) is 0 Å². The molecule has 0 radical (unpaired) electrons. The van der Waals surface area contributed by atoms with E-state index in [1.54, 1.807) is 6.20 Å². The average molecular weight is 250 g/mol. The standard InChI is InChI=1S/C15H14N4/c1-10-5-3-4-6-12(10)15-13(9-17-19-15)14-7-8-16-11(2)18-14/h3-9H,1-2H3,(H,17,19). The summed E-state index contributed by atoms with van der Waals surface area (Å²) in [5, 5.41) is 7.30. The van der Waals surface area contributed by atoms with Gasteiger partial charge in [0, 0.05) is 23.5 Å². The summed E-state index contributed by atoms with van der Waals surface area (Å²) in [5.74, 6) is 0.759. The molecule has 1 N–H and O–H groups in total. The zero-order chi connectivity index (χ0) is 13.2. The predicted molar refractivity (Wildman–Crippen MR) is 74.5 cm³/mol. The van der Waals surface area contributed by atoms with Crippen LogP contribution < -0.4 is 0 Å². The number of nitrogens with one attached hydrogen (secondary N) is 1. The number of rotatable bonds is 2. The largest absolute Gasteiger partial charge is 0.284 e. The molecule has 94 valence electrons. The lowest BCUT2D eigenvalue weighted by molar-refractivity contribution is 1.06. The molecule has 0 aliphatic heterocycles. The number of aryl methyl sites for hydroxylation is 2. The SMILES string of the molecule is Cc1nccc(-c2c[nH]nc2-c2ccccc2C)n1. The second-order valence-corrected chi connectivity index (χ2v) is 4.45. The minimum atomic E-state index is 0.759. The first-order valence-corrected chi connectivity index (χ1v) is 6.15. The number of H-pyrrole nitrogens is 1. The first-order valence-electron chi connectivity index (χ1n) is 6.15. The molecule has 0 spiro atoms.